The summed E-state index contributed by atoms with van der Waals surface area (Å²) < 4.78 is 0. The van der Waals surface area contributed by atoms with E-state index < -0.39 is 0 Å². The number of aromatic nitrogens is 3. The Morgan fingerprint density at radius 3 is 2.73 bits per heavy atom. The topological polar surface area (TPSA) is 67.6 Å². The van der Waals surface area contributed by atoms with Crippen LogP contribution in [0.25, 0.3) is 0 Å². The molecule has 1 rings (SSSR count). The number of rotatable bonds is 3. The summed E-state index contributed by atoms with van der Waals surface area (Å²) in [7, 11) is 0. The molecule has 3 N–H and O–H groups in total. The van der Waals surface area contributed by atoms with Crippen LogP contribution in [-0.2, 0) is 0 Å². The summed E-state index contributed by atoms with van der Waals surface area (Å²) in [4.78, 5) is 4.21. The minimum atomic E-state index is 0.306. The average molecular weight is 154 g/mol. The smallest absolute Gasteiger partial charge is 0.155 e. The van der Waals surface area contributed by atoms with Crippen molar-refractivity contribution in [3.63, 3.8) is 0 Å². The standard InChI is InChI=1S/C7H14N4/c1-3-6(4-8)7-9-5(2)10-11-7/h6H,3-4,8H2,1-2H3,(H,9,10,11). The molecule has 0 aliphatic rings. The molecule has 0 amide bonds. The van der Waals surface area contributed by atoms with Gasteiger partial charge in [0.1, 0.15) is 5.82 Å². The molecule has 0 fully saturated rings. The molecule has 1 heterocycles. The predicted molar refractivity (Wildman–Crippen MR) is 43.2 cm³/mol. The van der Waals surface area contributed by atoms with E-state index in [4.69, 9.17) is 5.73 Å². The molecule has 0 aromatic carbocycles. The summed E-state index contributed by atoms with van der Waals surface area (Å²) in [6.45, 7) is 4.59. The molecule has 0 saturated carbocycles. The number of nitrogens with one attached hydrogen (secondary N) is 1. The number of nitrogens with two attached hydrogens (primary N) is 1. The molecule has 62 valence electrons. The van der Waals surface area contributed by atoms with Crippen molar-refractivity contribution in [2.45, 2.75) is 26.2 Å². The highest BCUT2D eigenvalue weighted by Gasteiger charge is 2.11. The SMILES string of the molecule is CCC(CN)c1n[nH]c(C)n1. The van der Waals surface area contributed by atoms with Crippen molar-refractivity contribution in [1.82, 2.24) is 15.2 Å². The highest BCUT2D eigenvalue weighted by Crippen LogP contribution is 2.12. The predicted octanol–water partition coefficient (Wildman–Crippen LogP) is 0.565. The Morgan fingerprint density at radius 2 is 2.36 bits per heavy atom. The van der Waals surface area contributed by atoms with Crippen LogP contribution in [0.4, 0.5) is 0 Å². The maximum Gasteiger partial charge on any atom is 0.155 e. The lowest BCUT2D eigenvalue weighted by Crippen LogP contribution is -2.12. The summed E-state index contributed by atoms with van der Waals surface area (Å²) in [5.74, 6) is 2.00. The number of hydrogen-bond donors (Lipinski definition) is 2. The number of nitrogens with zero attached hydrogens (tertiary/aromatic N) is 2. The maximum absolute atomic E-state index is 5.53. The molecule has 1 atom stereocenters. The van der Waals surface area contributed by atoms with Crippen molar-refractivity contribution >= 4 is 0 Å². The second-order valence-corrected chi connectivity index (χ2v) is 2.62. The van der Waals surface area contributed by atoms with E-state index in [1.807, 2.05) is 6.92 Å². The van der Waals surface area contributed by atoms with E-state index in [1.165, 1.54) is 0 Å². The van der Waals surface area contributed by atoms with Crippen molar-refractivity contribution in [3.8, 4) is 0 Å². The van der Waals surface area contributed by atoms with Gasteiger partial charge in [0.25, 0.3) is 0 Å². The molecular weight excluding hydrogens is 140 g/mol. The Labute approximate surface area is 66.2 Å². The fraction of sp³-hybridized carbons (Fsp3) is 0.714. The van der Waals surface area contributed by atoms with Crippen LogP contribution >= 0.6 is 0 Å². The van der Waals surface area contributed by atoms with E-state index in [1.54, 1.807) is 0 Å². The van der Waals surface area contributed by atoms with E-state index in [2.05, 4.69) is 22.1 Å². The van der Waals surface area contributed by atoms with Gasteiger partial charge in [-0.1, -0.05) is 6.92 Å². The Hall–Kier alpha value is -0.900. The first-order valence-corrected chi connectivity index (χ1v) is 3.86. The molecule has 0 aliphatic carbocycles. The van der Waals surface area contributed by atoms with Crippen molar-refractivity contribution in [2.75, 3.05) is 6.54 Å². The fourth-order valence-electron chi connectivity index (χ4n) is 0.997. The van der Waals surface area contributed by atoms with Gasteiger partial charge in [0, 0.05) is 12.5 Å². The summed E-state index contributed by atoms with van der Waals surface area (Å²) in [5.41, 5.74) is 5.53. The molecule has 0 spiro atoms. The van der Waals surface area contributed by atoms with E-state index in [9.17, 15) is 0 Å². The van der Waals surface area contributed by atoms with Crippen LogP contribution in [0.1, 0.15) is 30.9 Å². The summed E-state index contributed by atoms with van der Waals surface area (Å²) >= 11 is 0. The van der Waals surface area contributed by atoms with Crippen molar-refractivity contribution in [3.05, 3.63) is 11.6 Å². The lowest BCUT2D eigenvalue weighted by Gasteiger charge is -2.05. The zero-order valence-corrected chi connectivity index (χ0v) is 6.96. The minimum absolute atomic E-state index is 0.306. The van der Waals surface area contributed by atoms with Gasteiger partial charge in [0.05, 0.1) is 0 Å². The molecule has 1 aromatic heterocycles. The van der Waals surface area contributed by atoms with Gasteiger partial charge in [-0.2, -0.15) is 5.10 Å². The van der Waals surface area contributed by atoms with E-state index >= 15 is 0 Å². The Bertz CT molecular complexity index is 214. The van der Waals surface area contributed by atoms with Crippen LogP contribution in [-0.4, -0.2) is 21.7 Å². The number of aryl methyl sites for hydroxylation is 1. The first-order valence-electron chi connectivity index (χ1n) is 3.86. The summed E-state index contributed by atoms with van der Waals surface area (Å²) in [5, 5.41) is 6.84. The lowest BCUT2D eigenvalue weighted by molar-refractivity contribution is 0.633. The van der Waals surface area contributed by atoms with Gasteiger partial charge in [-0.25, -0.2) is 4.98 Å². The molecule has 0 aliphatic heterocycles. The zero-order chi connectivity index (χ0) is 8.27. The van der Waals surface area contributed by atoms with E-state index in [0.29, 0.717) is 12.5 Å². The molecule has 4 nitrogen and oxygen atoms in total. The van der Waals surface area contributed by atoms with Crippen LogP contribution < -0.4 is 5.73 Å². The molecule has 4 heteroatoms. The van der Waals surface area contributed by atoms with Crippen LogP contribution in [0.3, 0.4) is 0 Å². The third kappa shape index (κ3) is 1.77. The third-order valence-corrected chi connectivity index (χ3v) is 1.76. The minimum Gasteiger partial charge on any atom is -0.330 e. The van der Waals surface area contributed by atoms with Gasteiger partial charge in [-0.05, 0) is 13.3 Å². The Kier molecular flexibility index (Phi) is 2.59. The fourth-order valence-corrected chi connectivity index (χ4v) is 0.997. The van der Waals surface area contributed by atoms with Gasteiger partial charge in [-0.15, -0.1) is 0 Å². The first kappa shape index (κ1) is 8.20. The molecule has 11 heavy (non-hydrogen) atoms. The second kappa shape index (κ2) is 3.48. The van der Waals surface area contributed by atoms with Crippen molar-refractivity contribution < 1.29 is 0 Å². The highest BCUT2D eigenvalue weighted by molar-refractivity contribution is 4.96. The zero-order valence-electron chi connectivity index (χ0n) is 6.96. The Balaban J connectivity index is 2.73. The molecule has 0 bridgehead atoms. The molecule has 1 unspecified atom stereocenters. The quantitative estimate of drug-likeness (QED) is 0.668. The third-order valence-electron chi connectivity index (χ3n) is 1.76. The first-order chi connectivity index (χ1) is 5.27. The monoisotopic (exact) mass is 154 g/mol. The molecular formula is C7H14N4. The number of H-pyrrole nitrogens is 1. The van der Waals surface area contributed by atoms with E-state index in [-0.39, 0.29) is 0 Å². The van der Waals surface area contributed by atoms with Crippen LogP contribution in [0, 0.1) is 6.92 Å². The maximum atomic E-state index is 5.53. The van der Waals surface area contributed by atoms with Gasteiger partial charge in [0.2, 0.25) is 0 Å². The normalized spacial score (nSPS) is 13.4. The summed E-state index contributed by atoms with van der Waals surface area (Å²) in [6, 6.07) is 0. The number of hydrogen-bond acceptors (Lipinski definition) is 3. The molecule has 0 radical (unpaired) electrons. The van der Waals surface area contributed by atoms with Gasteiger partial charge in [0.15, 0.2) is 5.82 Å². The Morgan fingerprint density at radius 1 is 1.64 bits per heavy atom. The lowest BCUT2D eigenvalue weighted by atomic mass is 10.1. The van der Waals surface area contributed by atoms with E-state index in [0.717, 1.165) is 18.1 Å². The second-order valence-electron chi connectivity index (χ2n) is 2.62. The van der Waals surface area contributed by atoms with Crippen LogP contribution in [0.2, 0.25) is 0 Å². The van der Waals surface area contributed by atoms with Crippen LogP contribution in [0.15, 0.2) is 0 Å². The molecule has 1 aromatic rings. The molecule has 0 saturated heterocycles. The largest absolute Gasteiger partial charge is 0.330 e. The summed E-state index contributed by atoms with van der Waals surface area (Å²) in [6.07, 6.45) is 0.994. The average Bonchev–Trinajstić information content (AvgIpc) is 2.39. The van der Waals surface area contributed by atoms with Crippen molar-refractivity contribution in [2.24, 2.45) is 5.73 Å². The van der Waals surface area contributed by atoms with Gasteiger partial charge >= 0.3 is 0 Å². The van der Waals surface area contributed by atoms with Gasteiger partial charge < -0.3 is 5.73 Å². The van der Waals surface area contributed by atoms with Gasteiger partial charge in [-0.3, -0.25) is 5.10 Å². The number of aromatic amines is 1. The highest BCUT2D eigenvalue weighted by atomic mass is 15.2. The van der Waals surface area contributed by atoms with Crippen molar-refractivity contribution in [1.29, 1.82) is 0 Å². The van der Waals surface area contributed by atoms with Crippen LogP contribution in [0.5, 0.6) is 0 Å².